The van der Waals surface area contributed by atoms with Crippen LogP contribution in [0, 0.1) is 5.82 Å². The average molecular weight is 299 g/mol. The minimum Gasteiger partial charge on any atom is -0.497 e. The van der Waals surface area contributed by atoms with Crippen LogP contribution in [0.4, 0.5) is 15.8 Å². The highest BCUT2D eigenvalue weighted by molar-refractivity contribution is 6.04. The number of hydrogen-bond donors (Lipinski definition) is 2. The second kappa shape index (κ2) is 6.47. The summed E-state index contributed by atoms with van der Waals surface area (Å²) >= 11 is 0. The molecule has 0 spiro atoms. The minimum atomic E-state index is -0.291. The number of nitrogens with zero attached hydrogens (tertiary/aromatic N) is 1. The summed E-state index contributed by atoms with van der Waals surface area (Å²) < 4.78 is 19.5. The largest absolute Gasteiger partial charge is 0.497 e. The molecule has 1 aliphatic rings. The van der Waals surface area contributed by atoms with Gasteiger partial charge in [-0.3, -0.25) is 4.99 Å². The Balaban J connectivity index is 1.96. The summed E-state index contributed by atoms with van der Waals surface area (Å²) in [5, 5.41) is 6.41. The molecule has 0 radical (unpaired) electrons. The Kier molecular flexibility index (Phi) is 4.23. The molecule has 114 valence electrons. The van der Waals surface area contributed by atoms with Gasteiger partial charge in [-0.1, -0.05) is 12.1 Å². The highest BCUT2D eigenvalue weighted by Crippen LogP contribution is 2.26. The zero-order chi connectivity index (χ0) is 15.4. The van der Waals surface area contributed by atoms with Crippen LogP contribution in [0.1, 0.15) is 12.0 Å². The van der Waals surface area contributed by atoms with Gasteiger partial charge in [-0.25, -0.2) is 4.39 Å². The van der Waals surface area contributed by atoms with Crippen molar-refractivity contribution in [2.75, 3.05) is 25.5 Å². The van der Waals surface area contributed by atoms with E-state index in [4.69, 9.17) is 4.74 Å². The Morgan fingerprint density at radius 3 is 2.86 bits per heavy atom. The summed E-state index contributed by atoms with van der Waals surface area (Å²) in [6.07, 6.45) is 0.969. The molecule has 0 bridgehead atoms. The zero-order valence-electron chi connectivity index (χ0n) is 12.4. The molecule has 0 saturated carbocycles. The Morgan fingerprint density at radius 1 is 1.23 bits per heavy atom. The van der Waals surface area contributed by atoms with Crippen LogP contribution in [0.25, 0.3) is 0 Å². The number of methoxy groups -OCH3 is 1. The number of benzene rings is 2. The molecule has 2 aromatic rings. The second-order valence-electron chi connectivity index (χ2n) is 5.03. The van der Waals surface area contributed by atoms with Crippen LogP contribution < -0.4 is 15.4 Å². The number of rotatable bonds is 4. The maximum Gasteiger partial charge on any atom is 0.136 e. The van der Waals surface area contributed by atoms with Gasteiger partial charge in [0.05, 0.1) is 18.4 Å². The molecule has 1 aliphatic heterocycles. The van der Waals surface area contributed by atoms with Crippen molar-refractivity contribution in [3.63, 3.8) is 0 Å². The molecule has 4 nitrogen and oxygen atoms in total. The molecule has 0 saturated heterocycles. The summed E-state index contributed by atoms with van der Waals surface area (Å²) in [5.74, 6) is 1.06. The van der Waals surface area contributed by atoms with E-state index in [1.165, 1.54) is 6.07 Å². The van der Waals surface area contributed by atoms with Gasteiger partial charge >= 0.3 is 0 Å². The molecule has 0 aromatic heterocycles. The molecule has 0 amide bonds. The molecule has 2 N–H and O–H groups in total. The number of amidine groups is 1. The van der Waals surface area contributed by atoms with Gasteiger partial charge in [0.1, 0.15) is 17.4 Å². The Labute approximate surface area is 129 Å². The van der Waals surface area contributed by atoms with Crippen LogP contribution in [0.5, 0.6) is 5.75 Å². The highest BCUT2D eigenvalue weighted by Gasteiger charge is 2.16. The summed E-state index contributed by atoms with van der Waals surface area (Å²) in [5.41, 5.74) is 1.99. The van der Waals surface area contributed by atoms with E-state index in [-0.39, 0.29) is 5.82 Å². The van der Waals surface area contributed by atoms with Crippen molar-refractivity contribution in [3.8, 4) is 5.75 Å². The number of anilines is 2. The summed E-state index contributed by atoms with van der Waals surface area (Å²) in [7, 11) is 1.62. The van der Waals surface area contributed by atoms with Crippen LogP contribution >= 0.6 is 0 Å². The predicted octanol–water partition coefficient (Wildman–Crippen LogP) is 3.32. The first kappa shape index (κ1) is 14.4. The summed E-state index contributed by atoms with van der Waals surface area (Å²) in [6, 6.07) is 12.5. The van der Waals surface area contributed by atoms with Crippen molar-refractivity contribution >= 4 is 17.2 Å². The number of ether oxygens (including phenoxy) is 1. The van der Waals surface area contributed by atoms with Crippen LogP contribution in [0.3, 0.4) is 0 Å². The fraction of sp³-hybridized carbons (Fsp3) is 0.235. The molecular weight excluding hydrogens is 281 g/mol. The van der Waals surface area contributed by atoms with Gasteiger partial charge in [-0.15, -0.1) is 0 Å². The van der Waals surface area contributed by atoms with Crippen molar-refractivity contribution in [3.05, 3.63) is 53.8 Å². The normalized spacial score (nSPS) is 14.0. The van der Waals surface area contributed by atoms with E-state index in [0.717, 1.165) is 30.9 Å². The molecular formula is C17H18FN3O. The standard InChI is InChI=1S/C17H18FN3O/c1-22-13-6-2-5-12(11-13)21-15-8-3-7-14(18)16(15)17-19-9-4-10-20-17/h2-3,5-8,11,21H,4,9-10H2,1H3,(H,19,20). The quantitative estimate of drug-likeness (QED) is 0.910. The van der Waals surface area contributed by atoms with Crippen LogP contribution in [0.2, 0.25) is 0 Å². The molecule has 1 heterocycles. The maximum absolute atomic E-state index is 14.3. The van der Waals surface area contributed by atoms with Gasteiger partial charge in [-0.2, -0.15) is 0 Å². The first-order valence-electron chi connectivity index (χ1n) is 7.26. The number of hydrogen-bond acceptors (Lipinski definition) is 4. The molecule has 22 heavy (non-hydrogen) atoms. The first-order chi connectivity index (χ1) is 10.8. The third kappa shape index (κ3) is 3.03. The molecule has 0 unspecified atom stereocenters. The fourth-order valence-corrected chi connectivity index (χ4v) is 2.43. The SMILES string of the molecule is COc1cccc(Nc2cccc(F)c2C2=NCCCN2)c1. The molecule has 0 atom stereocenters. The second-order valence-corrected chi connectivity index (χ2v) is 5.03. The van der Waals surface area contributed by atoms with E-state index < -0.39 is 0 Å². The molecule has 0 aliphatic carbocycles. The van der Waals surface area contributed by atoms with Crippen molar-refractivity contribution in [2.45, 2.75) is 6.42 Å². The Hall–Kier alpha value is -2.56. The highest BCUT2D eigenvalue weighted by atomic mass is 19.1. The van der Waals surface area contributed by atoms with Crippen LogP contribution in [0.15, 0.2) is 47.5 Å². The van der Waals surface area contributed by atoms with Crippen molar-refractivity contribution in [1.29, 1.82) is 0 Å². The smallest absolute Gasteiger partial charge is 0.136 e. The van der Waals surface area contributed by atoms with Gasteiger partial charge in [0.2, 0.25) is 0 Å². The lowest BCUT2D eigenvalue weighted by molar-refractivity contribution is 0.415. The number of aliphatic imine (C=N–C) groups is 1. The van der Waals surface area contributed by atoms with E-state index in [1.807, 2.05) is 30.3 Å². The molecule has 0 fully saturated rings. The van der Waals surface area contributed by atoms with Crippen LogP contribution in [-0.4, -0.2) is 26.0 Å². The van der Waals surface area contributed by atoms with Crippen LogP contribution in [-0.2, 0) is 0 Å². The van der Waals surface area contributed by atoms with Crippen molar-refractivity contribution in [1.82, 2.24) is 5.32 Å². The van der Waals surface area contributed by atoms with Gasteiger partial charge in [0.25, 0.3) is 0 Å². The third-order valence-electron chi connectivity index (χ3n) is 3.50. The first-order valence-corrected chi connectivity index (χ1v) is 7.26. The van der Waals surface area contributed by atoms with Gasteiger partial charge < -0.3 is 15.4 Å². The predicted molar refractivity (Wildman–Crippen MR) is 86.7 cm³/mol. The summed E-state index contributed by atoms with van der Waals surface area (Å²) in [4.78, 5) is 4.40. The van der Waals surface area contributed by atoms with E-state index >= 15 is 0 Å². The monoisotopic (exact) mass is 299 g/mol. The summed E-state index contributed by atoms with van der Waals surface area (Å²) in [6.45, 7) is 1.53. The van der Waals surface area contributed by atoms with Crippen molar-refractivity contribution in [2.24, 2.45) is 4.99 Å². The Bertz CT molecular complexity index is 700. The fourth-order valence-electron chi connectivity index (χ4n) is 2.43. The maximum atomic E-state index is 14.3. The van der Waals surface area contributed by atoms with E-state index in [2.05, 4.69) is 15.6 Å². The third-order valence-corrected chi connectivity index (χ3v) is 3.50. The number of halogens is 1. The lowest BCUT2D eigenvalue weighted by Crippen LogP contribution is -2.31. The minimum absolute atomic E-state index is 0.291. The van der Waals surface area contributed by atoms with E-state index in [0.29, 0.717) is 17.1 Å². The van der Waals surface area contributed by atoms with E-state index in [9.17, 15) is 4.39 Å². The molecule has 3 rings (SSSR count). The zero-order valence-corrected chi connectivity index (χ0v) is 12.4. The van der Waals surface area contributed by atoms with Crippen molar-refractivity contribution < 1.29 is 9.13 Å². The average Bonchev–Trinajstić information content (AvgIpc) is 2.56. The lowest BCUT2D eigenvalue weighted by atomic mass is 10.1. The van der Waals surface area contributed by atoms with Gasteiger partial charge in [-0.05, 0) is 30.7 Å². The lowest BCUT2D eigenvalue weighted by Gasteiger charge is -2.19. The Morgan fingerprint density at radius 2 is 2.09 bits per heavy atom. The van der Waals surface area contributed by atoms with Gasteiger partial charge in [0, 0.05) is 24.8 Å². The number of nitrogens with one attached hydrogen (secondary N) is 2. The van der Waals surface area contributed by atoms with Gasteiger partial charge in [0.15, 0.2) is 0 Å². The topological polar surface area (TPSA) is 45.6 Å². The van der Waals surface area contributed by atoms with E-state index in [1.54, 1.807) is 13.2 Å². The molecule has 5 heteroatoms. The molecule has 2 aromatic carbocycles.